The summed E-state index contributed by atoms with van der Waals surface area (Å²) in [5, 5.41) is 14.2. The maximum absolute atomic E-state index is 12.8. The molecule has 136 valence electrons. The summed E-state index contributed by atoms with van der Waals surface area (Å²) < 4.78 is 6.00. The van der Waals surface area contributed by atoms with Crippen LogP contribution in [-0.2, 0) is 9.53 Å². The summed E-state index contributed by atoms with van der Waals surface area (Å²) in [4.78, 5) is 12.8. The summed E-state index contributed by atoms with van der Waals surface area (Å²) in [6.07, 6.45) is 8.90. The van der Waals surface area contributed by atoms with Crippen LogP contribution >= 0.6 is 0 Å². The van der Waals surface area contributed by atoms with Gasteiger partial charge in [0.15, 0.2) is 0 Å². The number of piperidine rings is 1. The number of hydrogen-bond donors (Lipinski definition) is 2. The van der Waals surface area contributed by atoms with E-state index in [0.29, 0.717) is 24.2 Å². The largest absolute Gasteiger partial charge is 0.459 e. The molecule has 1 saturated heterocycles. The van der Waals surface area contributed by atoms with Gasteiger partial charge in [-0.15, -0.1) is 0 Å². The fraction of sp³-hybridized carbons (Fsp3) is 0.950. The Balaban J connectivity index is 1.41. The molecule has 2 N–H and O–H groups in total. The number of esters is 1. The molecule has 2 atom stereocenters. The van der Waals surface area contributed by atoms with Gasteiger partial charge in [-0.3, -0.25) is 4.79 Å². The molecule has 4 nitrogen and oxygen atoms in total. The lowest BCUT2D eigenvalue weighted by molar-refractivity contribution is -0.185. The number of nitrogens with one attached hydrogen (secondary N) is 1. The van der Waals surface area contributed by atoms with Crippen LogP contribution in [0.5, 0.6) is 0 Å². The molecule has 0 spiro atoms. The van der Waals surface area contributed by atoms with Gasteiger partial charge >= 0.3 is 5.97 Å². The Morgan fingerprint density at radius 1 is 1.17 bits per heavy atom. The third-order valence-corrected chi connectivity index (χ3v) is 7.37. The Hall–Kier alpha value is -0.610. The third kappa shape index (κ3) is 3.12. The molecule has 0 aromatic rings. The second-order valence-electron chi connectivity index (χ2n) is 9.96. The number of aliphatic hydroxyl groups is 1. The molecule has 0 radical (unpaired) electrons. The first kappa shape index (κ1) is 16.8. The van der Waals surface area contributed by atoms with Gasteiger partial charge < -0.3 is 15.2 Å². The molecular formula is C20H33NO3. The van der Waals surface area contributed by atoms with Gasteiger partial charge in [-0.2, -0.15) is 0 Å². The van der Waals surface area contributed by atoms with Gasteiger partial charge in [-0.25, -0.2) is 0 Å². The van der Waals surface area contributed by atoms with Crippen LogP contribution in [0.15, 0.2) is 0 Å². The van der Waals surface area contributed by atoms with E-state index >= 15 is 0 Å². The summed E-state index contributed by atoms with van der Waals surface area (Å²) in [5.41, 5.74) is -0.854. The predicted molar refractivity (Wildman–Crippen MR) is 92.4 cm³/mol. The number of hydrogen-bond acceptors (Lipinski definition) is 4. The van der Waals surface area contributed by atoms with Crippen molar-refractivity contribution in [3.8, 4) is 0 Å². The van der Waals surface area contributed by atoms with Gasteiger partial charge in [0.05, 0.1) is 12.0 Å². The molecule has 4 bridgehead atoms. The van der Waals surface area contributed by atoms with Crippen LogP contribution in [0.2, 0.25) is 0 Å². The molecule has 5 fully saturated rings. The van der Waals surface area contributed by atoms with Crippen molar-refractivity contribution in [3.63, 3.8) is 0 Å². The van der Waals surface area contributed by atoms with E-state index in [2.05, 4.69) is 19.2 Å². The fourth-order valence-electron chi connectivity index (χ4n) is 6.84. The molecule has 5 rings (SSSR count). The van der Waals surface area contributed by atoms with Crippen LogP contribution in [0.1, 0.15) is 71.6 Å². The third-order valence-electron chi connectivity index (χ3n) is 7.37. The number of carbonyl (C=O) groups is 1. The van der Waals surface area contributed by atoms with Gasteiger partial charge in [0, 0.05) is 5.92 Å². The molecule has 0 aromatic carbocycles. The maximum atomic E-state index is 12.8. The molecule has 4 aliphatic carbocycles. The Morgan fingerprint density at radius 3 is 2.38 bits per heavy atom. The maximum Gasteiger partial charge on any atom is 0.306 e. The first-order chi connectivity index (χ1) is 11.3. The minimum atomic E-state index is -0.491. The lowest BCUT2D eigenvalue weighted by Gasteiger charge is -2.60. The lowest BCUT2D eigenvalue weighted by Crippen LogP contribution is -2.56. The molecule has 4 heteroatoms. The minimum Gasteiger partial charge on any atom is -0.459 e. The first-order valence-corrected chi connectivity index (χ1v) is 9.93. The van der Waals surface area contributed by atoms with Gasteiger partial charge in [0.2, 0.25) is 0 Å². The number of rotatable bonds is 4. The highest BCUT2D eigenvalue weighted by atomic mass is 16.6. The lowest BCUT2D eigenvalue weighted by atomic mass is 9.47. The zero-order valence-corrected chi connectivity index (χ0v) is 15.3. The van der Waals surface area contributed by atoms with Crippen molar-refractivity contribution in [2.45, 2.75) is 82.8 Å². The van der Waals surface area contributed by atoms with E-state index in [1.165, 1.54) is 6.42 Å². The van der Waals surface area contributed by atoms with Gasteiger partial charge in [-0.05, 0) is 95.6 Å². The van der Waals surface area contributed by atoms with E-state index in [9.17, 15) is 9.90 Å². The highest BCUT2D eigenvalue weighted by Gasteiger charge is 2.57. The van der Waals surface area contributed by atoms with Gasteiger partial charge in [0.1, 0.15) is 5.60 Å². The monoisotopic (exact) mass is 335 g/mol. The zero-order valence-electron chi connectivity index (χ0n) is 15.3. The van der Waals surface area contributed by atoms with Crippen molar-refractivity contribution in [3.05, 3.63) is 0 Å². The van der Waals surface area contributed by atoms with Gasteiger partial charge in [0.25, 0.3) is 0 Å². The molecule has 0 aromatic heterocycles. The van der Waals surface area contributed by atoms with Crippen molar-refractivity contribution in [1.29, 1.82) is 0 Å². The first-order valence-electron chi connectivity index (χ1n) is 9.93. The Bertz CT molecular complexity index is 495. The van der Waals surface area contributed by atoms with Crippen LogP contribution in [0.25, 0.3) is 0 Å². The second-order valence-corrected chi connectivity index (χ2v) is 9.96. The van der Waals surface area contributed by atoms with Crippen LogP contribution in [0.4, 0.5) is 0 Å². The van der Waals surface area contributed by atoms with E-state index in [4.69, 9.17) is 4.74 Å². The van der Waals surface area contributed by atoms with Crippen LogP contribution < -0.4 is 5.32 Å². The average molecular weight is 335 g/mol. The van der Waals surface area contributed by atoms with Crippen LogP contribution in [0.3, 0.4) is 0 Å². The number of ether oxygens (including phenoxy) is 1. The predicted octanol–water partition coefficient (Wildman–Crippen LogP) is 3.03. The number of carbonyl (C=O) groups excluding carboxylic acids is 1. The standard InChI is InChI=1S/C20H33NO3/c1-18(2,16-3-5-21-6-4-16)24-17(22)12-19-8-14-7-15(9-19)11-20(23,10-14)13-19/h14-16,21,23H,3-13H2,1-2H3. The van der Waals surface area contributed by atoms with Crippen molar-refractivity contribution in [2.75, 3.05) is 13.1 Å². The smallest absolute Gasteiger partial charge is 0.306 e. The normalized spacial score (nSPS) is 42.3. The van der Waals surface area contributed by atoms with E-state index in [1.807, 2.05) is 0 Å². The molecule has 24 heavy (non-hydrogen) atoms. The van der Waals surface area contributed by atoms with Crippen molar-refractivity contribution in [1.82, 2.24) is 5.32 Å². The minimum absolute atomic E-state index is 0.0140. The SMILES string of the molecule is CC(C)(OC(=O)CC12CC3CC(CC(O)(C3)C1)C2)C1CCNCC1. The molecule has 1 aliphatic heterocycles. The molecule has 0 amide bonds. The summed E-state index contributed by atoms with van der Waals surface area (Å²) in [6.45, 7) is 6.19. The van der Waals surface area contributed by atoms with Crippen molar-refractivity contribution < 1.29 is 14.6 Å². The van der Waals surface area contributed by atoms with Crippen LogP contribution in [0, 0.1) is 23.2 Å². The van der Waals surface area contributed by atoms with Gasteiger partial charge in [-0.1, -0.05) is 0 Å². The van der Waals surface area contributed by atoms with E-state index in [1.54, 1.807) is 0 Å². The molecule has 4 saturated carbocycles. The Morgan fingerprint density at radius 2 is 1.79 bits per heavy atom. The summed E-state index contributed by atoms with van der Waals surface area (Å²) in [5.74, 6) is 1.66. The Labute approximate surface area is 145 Å². The topological polar surface area (TPSA) is 58.6 Å². The molecule has 1 heterocycles. The highest BCUT2D eigenvalue weighted by Crippen LogP contribution is 2.62. The summed E-state index contributed by atoms with van der Waals surface area (Å²) in [7, 11) is 0. The van der Waals surface area contributed by atoms with Crippen LogP contribution in [-0.4, -0.2) is 35.4 Å². The van der Waals surface area contributed by atoms with E-state index in [0.717, 1.165) is 58.0 Å². The Kier molecular flexibility index (Phi) is 4.00. The van der Waals surface area contributed by atoms with Crippen molar-refractivity contribution in [2.24, 2.45) is 23.2 Å². The van der Waals surface area contributed by atoms with E-state index < -0.39 is 5.60 Å². The fourth-order valence-corrected chi connectivity index (χ4v) is 6.84. The molecule has 5 aliphatic rings. The molecule has 2 unspecified atom stereocenters. The zero-order chi connectivity index (χ0) is 17.0. The summed E-state index contributed by atoms with van der Waals surface area (Å²) >= 11 is 0. The summed E-state index contributed by atoms with van der Waals surface area (Å²) in [6, 6.07) is 0. The van der Waals surface area contributed by atoms with Crippen molar-refractivity contribution >= 4 is 5.97 Å². The van der Waals surface area contributed by atoms with E-state index in [-0.39, 0.29) is 17.0 Å². The average Bonchev–Trinajstić information content (AvgIpc) is 2.44. The highest BCUT2D eigenvalue weighted by molar-refractivity contribution is 5.71. The second kappa shape index (κ2) is 5.70. The molecular weight excluding hydrogens is 302 g/mol. The quantitative estimate of drug-likeness (QED) is 0.775.